The number of amides is 1. The van der Waals surface area contributed by atoms with Crippen molar-refractivity contribution in [2.75, 3.05) is 6.54 Å². The van der Waals surface area contributed by atoms with E-state index in [9.17, 15) is 4.79 Å². The fraction of sp³-hybridized carbons (Fsp3) is 0.263. The number of aromatic nitrogens is 2. The summed E-state index contributed by atoms with van der Waals surface area (Å²) in [6.07, 6.45) is 6.43. The molecule has 0 radical (unpaired) electrons. The molecule has 4 rings (SSSR count). The highest BCUT2D eigenvalue weighted by atomic mass is 32.2. The molecular weight excluding hydrogens is 318 g/mol. The smallest absolute Gasteiger partial charge is 0.224 e. The molecule has 2 N–H and O–H groups in total. The molecule has 0 spiro atoms. The van der Waals surface area contributed by atoms with Gasteiger partial charge in [-0.15, -0.1) is 0 Å². The lowest BCUT2D eigenvalue weighted by Gasteiger charge is -2.09. The summed E-state index contributed by atoms with van der Waals surface area (Å²) in [6, 6.07) is 12.5. The van der Waals surface area contributed by atoms with E-state index in [-0.39, 0.29) is 5.91 Å². The Morgan fingerprint density at radius 3 is 3.00 bits per heavy atom. The zero-order chi connectivity index (χ0) is 16.4. The average Bonchev–Trinajstić information content (AvgIpc) is 3.29. The van der Waals surface area contributed by atoms with Crippen LogP contribution >= 0.6 is 11.8 Å². The van der Waals surface area contributed by atoms with Crippen molar-refractivity contribution < 1.29 is 4.79 Å². The van der Waals surface area contributed by atoms with Crippen molar-refractivity contribution in [1.82, 2.24) is 15.3 Å². The fourth-order valence-electron chi connectivity index (χ4n) is 2.78. The Morgan fingerprint density at radius 2 is 2.21 bits per heavy atom. The van der Waals surface area contributed by atoms with Crippen LogP contribution in [0.2, 0.25) is 0 Å². The van der Waals surface area contributed by atoms with Crippen LogP contribution in [0.4, 0.5) is 0 Å². The maximum absolute atomic E-state index is 12.2. The van der Waals surface area contributed by atoms with Crippen LogP contribution in [0.25, 0.3) is 10.8 Å². The molecule has 1 saturated carbocycles. The first-order valence-electron chi connectivity index (χ1n) is 8.22. The Bertz CT molecular complexity index is 856. The molecule has 24 heavy (non-hydrogen) atoms. The second-order valence-electron chi connectivity index (χ2n) is 6.24. The Morgan fingerprint density at radius 1 is 1.29 bits per heavy atom. The van der Waals surface area contributed by atoms with E-state index in [4.69, 9.17) is 0 Å². The van der Waals surface area contributed by atoms with Crippen LogP contribution < -0.4 is 5.32 Å². The third-order valence-electron chi connectivity index (χ3n) is 4.28. The van der Waals surface area contributed by atoms with E-state index < -0.39 is 0 Å². The predicted molar refractivity (Wildman–Crippen MR) is 96.1 cm³/mol. The highest BCUT2D eigenvalue weighted by Crippen LogP contribution is 2.30. The summed E-state index contributed by atoms with van der Waals surface area (Å²) in [5, 5.41) is 6.37. The van der Waals surface area contributed by atoms with E-state index in [2.05, 4.69) is 39.6 Å². The maximum Gasteiger partial charge on any atom is 0.224 e. The number of hydrogen-bond acceptors (Lipinski definition) is 3. The van der Waals surface area contributed by atoms with Crippen molar-refractivity contribution in [3.8, 4) is 0 Å². The first kappa shape index (κ1) is 15.3. The van der Waals surface area contributed by atoms with Crippen molar-refractivity contribution >= 4 is 28.4 Å². The van der Waals surface area contributed by atoms with Gasteiger partial charge in [0.1, 0.15) is 0 Å². The largest absolute Gasteiger partial charge is 0.356 e. The zero-order valence-corrected chi connectivity index (χ0v) is 14.1. The molecule has 0 unspecified atom stereocenters. The number of carbonyl (C=O) groups is 1. The highest BCUT2D eigenvalue weighted by Gasteiger charge is 2.21. The second-order valence-corrected chi connectivity index (χ2v) is 7.36. The monoisotopic (exact) mass is 337 g/mol. The van der Waals surface area contributed by atoms with Crippen LogP contribution in [0, 0.1) is 5.92 Å². The molecule has 1 heterocycles. The van der Waals surface area contributed by atoms with E-state index in [0.29, 0.717) is 12.3 Å². The van der Waals surface area contributed by atoms with Crippen molar-refractivity contribution in [2.24, 2.45) is 5.92 Å². The van der Waals surface area contributed by atoms with Gasteiger partial charge in [0.25, 0.3) is 0 Å². The molecule has 1 aliphatic rings. The van der Waals surface area contributed by atoms with Gasteiger partial charge in [-0.05, 0) is 47.2 Å². The van der Waals surface area contributed by atoms with Gasteiger partial charge >= 0.3 is 0 Å². The van der Waals surface area contributed by atoms with Crippen LogP contribution in [0.3, 0.4) is 0 Å². The summed E-state index contributed by atoms with van der Waals surface area (Å²) in [6.45, 7) is 0.824. The van der Waals surface area contributed by atoms with E-state index in [1.165, 1.54) is 12.8 Å². The van der Waals surface area contributed by atoms with Crippen molar-refractivity contribution in [2.45, 2.75) is 29.2 Å². The fourth-order valence-corrected chi connectivity index (χ4v) is 3.57. The summed E-state index contributed by atoms with van der Waals surface area (Å²) in [7, 11) is 0. The number of hydrogen-bond donors (Lipinski definition) is 2. The first-order chi connectivity index (χ1) is 11.8. The summed E-state index contributed by atoms with van der Waals surface area (Å²) in [5.74, 6) is 0.819. The molecule has 1 aromatic heterocycles. The molecule has 0 atom stereocenters. The molecule has 2 aromatic carbocycles. The summed E-state index contributed by atoms with van der Waals surface area (Å²) < 4.78 is 0. The third-order valence-corrected chi connectivity index (χ3v) is 5.21. The van der Waals surface area contributed by atoms with Gasteiger partial charge in [-0.3, -0.25) is 4.79 Å². The number of nitrogens with one attached hydrogen (secondary N) is 2. The number of nitrogens with zero attached hydrogens (tertiary/aromatic N) is 1. The van der Waals surface area contributed by atoms with Gasteiger partial charge in [0, 0.05) is 11.4 Å². The Balaban J connectivity index is 1.55. The van der Waals surface area contributed by atoms with Gasteiger partial charge in [0.2, 0.25) is 5.91 Å². The second kappa shape index (κ2) is 6.69. The van der Waals surface area contributed by atoms with E-state index in [1.54, 1.807) is 18.1 Å². The van der Waals surface area contributed by atoms with Crippen LogP contribution in [-0.2, 0) is 11.2 Å². The predicted octanol–water partition coefficient (Wildman–Crippen LogP) is 3.78. The van der Waals surface area contributed by atoms with Crippen LogP contribution in [0.15, 0.2) is 58.8 Å². The van der Waals surface area contributed by atoms with Gasteiger partial charge < -0.3 is 10.3 Å². The van der Waals surface area contributed by atoms with E-state index >= 15 is 0 Å². The molecule has 1 fully saturated rings. The van der Waals surface area contributed by atoms with E-state index in [0.717, 1.165) is 32.8 Å². The maximum atomic E-state index is 12.2. The molecule has 1 amide bonds. The SMILES string of the molecule is O=C(Cc1cccc2ccc(Sc3cnc[nH]3)cc12)NCC1CC1. The van der Waals surface area contributed by atoms with Gasteiger partial charge in [0.05, 0.1) is 24.0 Å². The van der Waals surface area contributed by atoms with Crippen molar-refractivity contribution in [1.29, 1.82) is 0 Å². The van der Waals surface area contributed by atoms with Gasteiger partial charge in [-0.25, -0.2) is 4.98 Å². The molecular formula is C19H19N3OS. The van der Waals surface area contributed by atoms with Crippen molar-refractivity contribution in [3.05, 3.63) is 54.5 Å². The number of rotatable bonds is 6. The molecule has 0 aliphatic heterocycles. The normalized spacial score (nSPS) is 14.0. The summed E-state index contributed by atoms with van der Waals surface area (Å²) in [5.41, 5.74) is 1.08. The summed E-state index contributed by atoms with van der Waals surface area (Å²) >= 11 is 1.64. The highest BCUT2D eigenvalue weighted by molar-refractivity contribution is 7.99. The molecule has 5 heteroatoms. The van der Waals surface area contributed by atoms with Crippen LogP contribution in [0.5, 0.6) is 0 Å². The minimum atomic E-state index is 0.112. The lowest BCUT2D eigenvalue weighted by Crippen LogP contribution is -2.27. The number of benzene rings is 2. The molecule has 3 aromatic rings. The van der Waals surface area contributed by atoms with Gasteiger partial charge in [-0.1, -0.05) is 36.0 Å². The lowest BCUT2D eigenvalue weighted by atomic mass is 10.0. The minimum Gasteiger partial charge on any atom is -0.356 e. The number of aromatic amines is 1. The molecule has 122 valence electrons. The van der Waals surface area contributed by atoms with Crippen LogP contribution in [-0.4, -0.2) is 22.4 Å². The topological polar surface area (TPSA) is 57.8 Å². The quantitative estimate of drug-likeness (QED) is 0.719. The number of carbonyl (C=O) groups excluding carboxylic acids is 1. The molecule has 4 nitrogen and oxygen atoms in total. The Kier molecular flexibility index (Phi) is 4.26. The van der Waals surface area contributed by atoms with Crippen LogP contribution in [0.1, 0.15) is 18.4 Å². The first-order valence-corrected chi connectivity index (χ1v) is 9.04. The number of fused-ring (bicyclic) bond motifs is 1. The van der Waals surface area contributed by atoms with E-state index in [1.807, 2.05) is 18.3 Å². The summed E-state index contributed by atoms with van der Waals surface area (Å²) in [4.78, 5) is 20.5. The third kappa shape index (κ3) is 3.62. The molecule has 0 bridgehead atoms. The average molecular weight is 337 g/mol. The van der Waals surface area contributed by atoms with Gasteiger partial charge in [-0.2, -0.15) is 0 Å². The van der Waals surface area contributed by atoms with Crippen molar-refractivity contribution in [3.63, 3.8) is 0 Å². The molecule has 1 aliphatic carbocycles. The number of H-pyrrole nitrogens is 1. The standard InChI is InChI=1S/C19H19N3OS/c23-18(21-10-13-4-5-13)8-15-3-1-2-14-6-7-16(9-17(14)15)24-19-11-20-12-22-19/h1-3,6-7,9,11-13H,4-5,8,10H2,(H,20,22)(H,21,23). The lowest BCUT2D eigenvalue weighted by molar-refractivity contribution is -0.120. The minimum absolute atomic E-state index is 0.112. The Labute approximate surface area is 145 Å². The van der Waals surface area contributed by atoms with Gasteiger partial charge in [0.15, 0.2) is 0 Å². The zero-order valence-electron chi connectivity index (χ0n) is 13.3. The molecule has 0 saturated heterocycles. The number of imidazole rings is 1. The Hall–Kier alpha value is -2.27.